The molecule has 1 aromatic carbocycles. The van der Waals surface area contributed by atoms with Gasteiger partial charge < -0.3 is 5.32 Å². The zero-order valence-corrected chi connectivity index (χ0v) is 11.2. The van der Waals surface area contributed by atoms with Crippen molar-refractivity contribution in [2.24, 2.45) is 0 Å². The summed E-state index contributed by atoms with van der Waals surface area (Å²) in [7, 11) is 0. The van der Waals surface area contributed by atoms with Crippen LogP contribution in [0.2, 0.25) is 0 Å². The lowest BCUT2D eigenvalue weighted by atomic mass is 10.1. The van der Waals surface area contributed by atoms with Crippen LogP contribution in [0.4, 0.5) is 18.9 Å². The first-order chi connectivity index (χ1) is 9.36. The summed E-state index contributed by atoms with van der Waals surface area (Å²) in [6.45, 7) is 3.78. The van der Waals surface area contributed by atoms with E-state index in [1.54, 1.807) is 6.20 Å². The second-order valence-corrected chi connectivity index (χ2v) is 4.67. The molecule has 0 amide bonds. The zero-order chi connectivity index (χ0) is 14.8. The number of pyridine rings is 1. The van der Waals surface area contributed by atoms with E-state index in [0.29, 0.717) is 0 Å². The molecule has 0 aliphatic carbocycles. The molecule has 106 valence electrons. The van der Waals surface area contributed by atoms with Crippen LogP contribution in [0.5, 0.6) is 0 Å². The molecule has 1 N–H and O–H groups in total. The average Bonchev–Trinajstić information content (AvgIpc) is 2.40. The molecule has 2 nitrogen and oxygen atoms in total. The molecule has 1 atom stereocenters. The number of nitrogens with one attached hydrogen (secondary N) is 1. The molecule has 0 spiro atoms. The third kappa shape index (κ3) is 3.50. The minimum absolute atomic E-state index is 0.0956. The molecule has 0 aliphatic rings. The van der Waals surface area contributed by atoms with Gasteiger partial charge in [-0.05, 0) is 43.7 Å². The summed E-state index contributed by atoms with van der Waals surface area (Å²) in [5.41, 5.74) is 1.91. The van der Waals surface area contributed by atoms with Gasteiger partial charge in [-0.15, -0.1) is 0 Å². The highest BCUT2D eigenvalue weighted by molar-refractivity contribution is 5.43. The summed E-state index contributed by atoms with van der Waals surface area (Å²) in [4.78, 5) is 4.16. The molecule has 0 bridgehead atoms. The average molecular weight is 280 g/mol. The highest BCUT2D eigenvalue weighted by Gasteiger charge is 2.30. The van der Waals surface area contributed by atoms with Gasteiger partial charge in [0.2, 0.25) is 0 Å². The van der Waals surface area contributed by atoms with Crippen molar-refractivity contribution in [3.05, 3.63) is 59.4 Å². The van der Waals surface area contributed by atoms with Crippen molar-refractivity contribution in [1.82, 2.24) is 4.98 Å². The maximum absolute atomic E-state index is 12.5. The van der Waals surface area contributed by atoms with Gasteiger partial charge in [-0.2, -0.15) is 13.2 Å². The smallest absolute Gasteiger partial charge is 0.377 e. The van der Waals surface area contributed by atoms with Crippen molar-refractivity contribution in [3.8, 4) is 0 Å². The third-order valence-electron chi connectivity index (χ3n) is 3.03. The first-order valence-electron chi connectivity index (χ1n) is 6.22. The summed E-state index contributed by atoms with van der Waals surface area (Å²) in [5, 5.41) is 3.20. The second kappa shape index (κ2) is 5.53. The van der Waals surface area contributed by atoms with Crippen molar-refractivity contribution >= 4 is 5.69 Å². The number of hydrogen-bond acceptors (Lipinski definition) is 2. The highest BCUT2D eigenvalue weighted by Crippen LogP contribution is 2.30. The first-order valence-corrected chi connectivity index (χ1v) is 6.22. The Morgan fingerprint density at radius 1 is 1.05 bits per heavy atom. The molecule has 1 aromatic heterocycles. The molecule has 0 radical (unpaired) electrons. The van der Waals surface area contributed by atoms with Crippen LogP contribution in [-0.2, 0) is 6.18 Å². The Bertz CT molecular complexity index is 559. The van der Waals surface area contributed by atoms with Crippen LogP contribution in [0.25, 0.3) is 0 Å². The quantitative estimate of drug-likeness (QED) is 0.890. The fourth-order valence-corrected chi connectivity index (χ4v) is 1.85. The normalized spacial score (nSPS) is 13.1. The van der Waals surface area contributed by atoms with Crippen molar-refractivity contribution in [3.63, 3.8) is 0 Å². The van der Waals surface area contributed by atoms with Gasteiger partial charge in [0, 0.05) is 11.7 Å². The number of hydrogen-bond donors (Lipinski definition) is 1. The fraction of sp³-hybridized carbons (Fsp3) is 0.267. The molecule has 0 fully saturated rings. The van der Waals surface area contributed by atoms with Gasteiger partial charge in [-0.25, -0.2) is 0 Å². The molecular formula is C15H15F3N2. The van der Waals surface area contributed by atoms with Crippen LogP contribution in [0, 0.1) is 6.92 Å². The van der Waals surface area contributed by atoms with E-state index in [-0.39, 0.29) is 6.04 Å². The van der Waals surface area contributed by atoms with E-state index in [2.05, 4.69) is 10.3 Å². The predicted molar refractivity (Wildman–Crippen MR) is 72.5 cm³/mol. The van der Waals surface area contributed by atoms with E-state index in [9.17, 15) is 13.2 Å². The standard InChI is InChI=1S/C15H15F3N2/c1-10-3-8-14(9-19-10)20-11(2)12-4-6-13(7-5-12)15(16,17)18/h3-9,11,20H,1-2H3. The van der Waals surface area contributed by atoms with Crippen molar-refractivity contribution < 1.29 is 13.2 Å². The van der Waals surface area contributed by atoms with Crippen LogP contribution >= 0.6 is 0 Å². The van der Waals surface area contributed by atoms with Gasteiger partial charge in [-0.3, -0.25) is 4.98 Å². The first kappa shape index (κ1) is 14.4. The number of anilines is 1. The molecule has 2 aromatic rings. The Labute approximate surface area is 115 Å². The largest absolute Gasteiger partial charge is 0.416 e. The van der Waals surface area contributed by atoms with Crippen LogP contribution in [0.3, 0.4) is 0 Å². The number of halogens is 3. The van der Waals surface area contributed by atoms with Gasteiger partial charge >= 0.3 is 6.18 Å². The minimum atomic E-state index is -4.30. The van der Waals surface area contributed by atoms with Crippen LogP contribution in [0.1, 0.15) is 29.8 Å². The lowest BCUT2D eigenvalue weighted by molar-refractivity contribution is -0.137. The van der Waals surface area contributed by atoms with E-state index in [1.165, 1.54) is 12.1 Å². The lowest BCUT2D eigenvalue weighted by Gasteiger charge is -2.16. The number of nitrogens with zero attached hydrogens (tertiary/aromatic N) is 1. The molecule has 2 rings (SSSR count). The molecule has 0 aliphatic heterocycles. The van der Waals surface area contributed by atoms with E-state index < -0.39 is 11.7 Å². The Kier molecular flexibility index (Phi) is 3.97. The van der Waals surface area contributed by atoms with Crippen molar-refractivity contribution in [2.45, 2.75) is 26.1 Å². The molecule has 5 heteroatoms. The number of aromatic nitrogens is 1. The van der Waals surface area contributed by atoms with Gasteiger partial charge in [0.15, 0.2) is 0 Å². The van der Waals surface area contributed by atoms with Crippen LogP contribution < -0.4 is 5.32 Å². The summed E-state index contributed by atoms with van der Waals surface area (Å²) in [6, 6.07) is 8.85. The predicted octanol–water partition coefficient (Wildman–Crippen LogP) is 4.58. The molecule has 1 heterocycles. The molecular weight excluding hydrogens is 265 g/mol. The summed E-state index contributed by atoms with van der Waals surface area (Å²) in [5.74, 6) is 0. The monoisotopic (exact) mass is 280 g/mol. The summed E-state index contributed by atoms with van der Waals surface area (Å²) < 4.78 is 37.4. The summed E-state index contributed by atoms with van der Waals surface area (Å²) >= 11 is 0. The van der Waals surface area contributed by atoms with Gasteiger partial charge in [-0.1, -0.05) is 12.1 Å². The Hall–Kier alpha value is -2.04. The maximum atomic E-state index is 12.5. The Balaban J connectivity index is 2.09. The van der Waals surface area contributed by atoms with Crippen LogP contribution in [0.15, 0.2) is 42.6 Å². The number of alkyl halides is 3. The second-order valence-electron chi connectivity index (χ2n) is 4.67. The molecule has 20 heavy (non-hydrogen) atoms. The van der Waals surface area contributed by atoms with Crippen molar-refractivity contribution in [1.29, 1.82) is 0 Å². The zero-order valence-electron chi connectivity index (χ0n) is 11.2. The van der Waals surface area contributed by atoms with E-state index >= 15 is 0 Å². The number of aryl methyl sites for hydroxylation is 1. The topological polar surface area (TPSA) is 24.9 Å². The van der Waals surface area contributed by atoms with Crippen LogP contribution in [-0.4, -0.2) is 4.98 Å². The third-order valence-corrected chi connectivity index (χ3v) is 3.03. The molecule has 0 saturated carbocycles. The molecule has 1 unspecified atom stereocenters. The van der Waals surface area contributed by atoms with E-state index in [1.807, 2.05) is 26.0 Å². The number of benzene rings is 1. The fourth-order valence-electron chi connectivity index (χ4n) is 1.85. The van der Waals surface area contributed by atoms with E-state index in [0.717, 1.165) is 29.1 Å². The maximum Gasteiger partial charge on any atom is 0.416 e. The van der Waals surface area contributed by atoms with Gasteiger partial charge in [0.1, 0.15) is 0 Å². The Morgan fingerprint density at radius 2 is 1.70 bits per heavy atom. The minimum Gasteiger partial charge on any atom is -0.377 e. The number of rotatable bonds is 3. The molecule has 0 saturated heterocycles. The summed E-state index contributed by atoms with van der Waals surface area (Å²) in [6.07, 6.45) is -2.59. The van der Waals surface area contributed by atoms with Gasteiger partial charge in [0.25, 0.3) is 0 Å². The highest BCUT2D eigenvalue weighted by atomic mass is 19.4. The van der Waals surface area contributed by atoms with Gasteiger partial charge in [0.05, 0.1) is 17.4 Å². The van der Waals surface area contributed by atoms with E-state index in [4.69, 9.17) is 0 Å². The lowest BCUT2D eigenvalue weighted by Crippen LogP contribution is -2.09. The Morgan fingerprint density at radius 3 is 2.20 bits per heavy atom. The van der Waals surface area contributed by atoms with Crippen molar-refractivity contribution in [2.75, 3.05) is 5.32 Å². The SMILES string of the molecule is Cc1ccc(NC(C)c2ccc(C(F)(F)F)cc2)cn1.